The number of phenolic OH excluding ortho intramolecular Hbond substituents is 1. The quantitative estimate of drug-likeness (QED) is 0.491. The van der Waals surface area contributed by atoms with E-state index in [0.717, 1.165) is 11.2 Å². The van der Waals surface area contributed by atoms with E-state index in [4.69, 9.17) is 0 Å². The summed E-state index contributed by atoms with van der Waals surface area (Å²) >= 11 is 0. The van der Waals surface area contributed by atoms with Gasteiger partial charge in [-0.1, -0.05) is 20.8 Å². The summed E-state index contributed by atoms with van der Waals surface area (Å²) in [6, 6.07) is 8.06. The molecule has 11 heteroatoms. The highest BCUT2D eigenvalue weighted by molar-refractivity contribution is 7.92. The van der Waals surface area contributed by atoms with Crippen LogP contribution in [0, 0.1) is 0 Å². The van der Waals surface area contributed by atoms with Crippen LogP contribution in [0.4, 0.5) is 21.9 Å². The van der Waals surface area contributed by atoms with Crippen LogP contribution in [0.25, 0.3) is 0 Å². The average Bonchev–Trinajstić information content (AvgIpc) is 2.68. The van der Waals surface area contributed by atoms with Crippen LogP contribution in [0.1, 0.15) is 43.1 Å². The maximum Gasteiger partial charge on any atom is 0.328 e. The standard InChI is InChI=1S/C22H26N4O6S/c1-22(2,3)16-11-15(26-18(27)9-10-23-21(26)30)12-17(19(16)28)24-20(29)13-5-7-14(8-6-13)25-33(4,31)32/h5-8,11-12,25,28H,9-10H2,1-4H3,(H,23,30)(H,24,29). The van der Waals surface area contributed by atoms with Gasteiger partial charge in [0, 0.05) is 29.8 Å². The number of nitrogens with zero attached hydrogens (tertiary/aromatic N) is 1. The number of carbonyl (C=O) groups excluding carboxylic acids is 3. The van der Waals surface area contributed by atoms with Crippen LogP contribution in [-0.2, 0) is 20.2 Å². The minimum Gasteiger partial charge on any atom is -0.505 e. The second-order valence-electron chi connectivity index (χ2n) is 8.76. The molecule has 33 heavy (non-hydrogen) atoms. The smallest absolute Gasteiger partial charge is 0.328 e. The summed E-state index contributed by atoms with van der Waals surface area (Å²) in [6.45, 7) is 5.79. The zero-order valence-corrected chi connectivity index (χ0v) is 19.5. The van der Waals surface area contributed by atoms with E-state index in [9.17, 15) is 27.9 Å². The molecule has 1 saturated heterocycles. The average molecular weight is 475 g/mol. The highest BCUT2D eigenvalue weighted by atomic mass is 32.2. The van der Waals surface area contributed by atoms with Crippen LogP contribution in [0.3, 0.4) is 0 Å². The van der Waals surface area contributed by atoms with Gasteiger partial charge in [0.25, 0.3) is 5.91 Å². The largest absolute Gasteiger partial charge is 0.505 e. The monoisotopic (exact) mass is 474 g/mol. The Morgan fingerprint density at radius 2 is 1.76 bits per heavy atom. The van der Waals surface area contributed by atoms with Gasteiger partial charge < -0.3 is 15.7 Å². The van der Waals surface area contributed by atoms with Gasteiger partial charge in [0.1, 0.15) is 5.75 Å². The van der Waals surface area contributed by atoms with E-state index in [2.05, 4.69) is 15.4 Å². The van der Waals surface area contributed by atoms with E-state index >= 15 is 0 Å². The third kappa shape index (κ3) is 5.61. The van der Waals surface area contributed by atoms with Crippen LogP contribution in [0.5, 0.6) is 5.75 Å². The molecule has 0 unspecified atom stereocenters. The van der Waals surface area contributed by atoms with Crippen LogP contribution in [0.2, 0.25) is 0 Å². The number of benzene rings is 2. The van der Waals surface area contributed by atoms with E-state index in [1.165, 1.54) is 30.3 Å². The van der Waals surface area contributed by atoms with Crippen molar-refractivity contribution in [3.63, 3.8) is 0 Å². The zero-order chi connectivity index (χ0) is 24.6. The first-order valence-corrected chi connectivity index (χ1v) is 12.0. The maximum absolute atomic E-state index is 12.8. The normalized spacial score (nSPS) is 14.6. The summed E-state index contributed by atoms with van der Waals surface area (Å²) < 4.78 is 25.0. The molecule has 0 saturated carbocycles. The van der Waals surface area contributed by atoms with Crippen molar-refractivity contribution in [1.82, 2.24) is 5.32 Å². The van der Waals surface area contributed by atoms with Crippen molar-refractivity contribution in [2.45, 2.75) is 32.6 Å². The number of aromatic hydroxyl groups is 1. The van der Waals surface area contributed by atoms with Crippen LogP contribution in [0.15, 0.2) is 36.4 Å². The number of hydrogen-bond donors (Lipinski definition) is 4. The zero-order valence-electron chi connectivity index (χ0n) is 18.7. The number of imide groups is 1. The molecule has 10 nitrogen and oxygen atoms in total. The van der Waals surface area contributed by atoms with E-state index in [-0.39, 0.29) is 35.7 Å². The van der Waals surface area contributed by atoms with Crippen molar-refractivity contribution in [2.75, 3.05) is 27.7 Å². The molecule has 2 aromatic rings. The molecule has 176 valence electrons. The molecule has 1 aliphatic heterocycles. The molecule has 0 radical (unpaired) electrons. The first-order chi connectivity index (χ1) is 15.3. The van der Waals surface area contributed by atoms with E-state index in [1.807, 2.05) is 20.8 Å². The molecule has 4 N–H and O–H groups in total. The Bertz CT molecular complexity index is 1200. The number of anilines is 3. The number of phenols is 1. The minimum absolute atomic E-state index is 0.0342. The minimum atomic E-state index is -3.46. The fourth-order valence-corrected chi connectivity index (χ4v) is 3.92. The molecule has 1 fully saturated rings. The van der Waals surface area contributed by atoms with Gasteiger partial charge in [0.05, 0.1) is 17.6 Å². The second kappa shape index (κ2) is 8.74. The second-order valence-corrected chi connectivity index (χ2v) is 10.5. The Labute approximate surface area is 192 Å². The Morgan fingerprint density at radius 1 is 1.12 bits per heavy atom. The van der Waals surface area contributed by atoms with Crippen molar-refractivity contribution >= 4 is 44.9 Å². The third-order valence-electron chi connectivity index (χ3n) is 4.93. The molecule has 4 amide bonds. The molecule has 2 aromatic carbocycles. The highest BCUT2D eigenvalue weighted by Gasteiger charge is 2.31. The highest BCUT2D eigenvalue weighted by Crippen LogP contribution is 2.40. The van der Waals surface area contributed by atoms with Gasteiger partial charge in [0.15, 0.2) is 0 Å². The maximum atomic E-state index is 12.8. The number of urea groups is 1. The Balaban J connectivity index is 1.97. The van der Waals surface area contributed by atoms with Crippen molar-refractivity contribution < 1.29 is 27.9 Å². The molecular weight excluding hydrogens is 448 g/mol. The van der Waals surface area contributed by atoms with Crippen molar-refractivity contribution in [3.8, 4) is 5.75 Å². The number of carbonyl (C=O) groups is 3. The predicted octanol–water partition coefficient (Wildman–Crippen LogP) is 2.76. The Hall–Kier alpha value is -3.60. The lowest BCUT2D eigenvalue weighted by atomic mass is 9.85. The number of hydrogen-bond acceptors (Lipinski definition) is 6. The summed E-state index contributed by atoms with van der Waals surface area (Å²) in [5.41, 5.74) is 0.643. The van der Waals surface area contributed by atoms with Gasteiger partial charge in [-0.05, 0) is 41.8 Å². The van der Waals surface area contributed by atoms with E-state index in [0.29, 0.717) is 11.3 Å². The van der Waals surface area contributed by atoms with Crippen LogP contribution >= 0.6 is 0 Å². The Morgan fingerprint density at radius 3 is 2.30 bits per heavy atom. The molecular formula is C22H26N4O6S. The first kappa shape index (κ1) is 24.1. The summed E-state index contributed by atoms with van der Waals surface area (Å²) in [5.74, 6) is -1.14. The molecule has 1 heterocycles. The lowest BCUT2D eigenvalue weighted by molar-refractivity contribution is -0.118. The molecule has 0 aromatic heterocycles. The summed E-state index contributed by atoms with van der Waals surface area (Å²) in [5, 5.41) is 16.1. The van der Waals surface area contributed by atoms with Gasteiger partial charge in [-0.3, -0.25) is 14.3 Å². The van der Waals surface area contributed by atoms with E-state index in [1.54, 1.807) is 6.07 Å². The van der Waals surface area contributed by atoms with Gasteiger partial charge in [-0.25, -0.2) is 18.1 Å². The number of rotatable bonds is 5. The predicted molar refractivity (Wildman–Crippen MR) is 125 cm³/mol. The van der Waals surface area contributed by atoms with Crippen molar-refractivity contribution in [2.24, 2.45) is 0 Å². The van der Waals surface area contributed by atoms with E-state index < -0.39 is 33.3 Å². The Kier molecular flexibility index (Phi) is 6.37. The third-order valence-corrected chi connectivity index (χ3v) is 5.53. The van der Waals surface area contributed by atoms with Crippen LogP contribution < -0.4 is 20.3 Å². The summed E-state index contributed by atoms with van der Waals surface area (Å²) in [6.07, 6.45) is 1.15. The fraction of sp³-hybridized carbons (Fsp3) is 0.318. The topological polar surface area (TPSA) is 145 Å². The van der Waals surface area contributed by atoms with Gasteiger partial charge >= 0.3 is 6.03 Å². The lowest BCUT2D eigenvalue weighted by Gasteiger charge is -2.29. The number of nitrogens with one attached hydrogen (secondary N) is 3. The number of sulfonamides is 1. The summed E-state index contributed by atoms with van der Waals surface area (Å²) in [4.78, 5) is 38.5. The van der Waals surface area contributed by atoms with Crippen molar-refractivity contribution in [3.05, 3.63) is 47.5 Å². The van der Waals surface area contributed by atoms with Gasteiger partial charge in [-0.15, -0.1) is 0 Å². The first-order valence-electron chi connectivity index (χ1n) is 10.1. The van der Waals surface area contributed by atoms with Gasteiger partial charge in [0.2, 0.25) is 15.9 Å². The molecule has 0 atom stereocenters. The molecule has 1 aliphatic rings. The SMILES string of the molecule is CC(C)(C)c1cc(N2C(=O)CCNC2=O)cc(NC(=O)c2ccc(NS(C)(=O)=O)cc2)c1O. The lowest BCUT2D eigenvalue weighted by Crippen LogP contribution is -2.50. The molecule has 3 rings (SSSR count). The van der Waals surface area contributed by atoms with Crippen molar-refractivity contribution in [1.29, 1.82) is 0 Å². The van der Waals surface area contributed by atoms with Crippen LogP contribution in [-0.4, -0.2) is 44.2 Å². The molecule has 0 bridgehead atoms. The molecule has 0 spiro atoms. The fourth-order valence-electron chi connectivity index (χ4n) is 3.36. The van der Waals surface area contributed by atoms with Gasteiger partial charge in [-0.2, -0.15) is 0 Å². The molecule has 0 aliphatic carbocycles. The summed E-state index contributed by atoms with van der Waals surface area (Å²) in [7, 11) is -3.46. The number of amides is 4.